The Hall–Kier alpha value is -3.42. The third-order valence-corrected chi connectivity index (χ3v) is 6.54. The van der Waals surface area contributed by atoms with Crippen molar-refractivity contribution in [3.8, 4) is 0 Å². The minimum absolute atomic E-state index is 0.0400. The number of H-pyrrole nitrogens is 1. The molecule has 0 spiro atoms. The second-order valence-electron chi connectivity index (χ2n) is 7.94. The smallest absolute Gasteiger partial charge is 0.323 e. The van der Waals surface area contributed by atoms with E-state index in [-0.39, 0.29) is 29.6 Å². The lowest BCUT2D eigenvalue weighted by Crippen LogP contribution is -2.36. The predicted molar refractivity (Wildman–Crippen MR) is 176 cm³/mol. The van der Waals surface area contributed by atoms with E-state index in [0.29, 0.717) is 38.2 Å². The zero-order valence-electron chi connectivity index (χ0n) is 27.6. The molecule has 0 amide bonds. The number of benzene rings is 1. The number of aromatic amines is 1. The van der Waals surface area contributed by atoms with Gasteiger partial charge < -0.3 is 29.2 Å². The molecule has 2 heterocycles. The highest BCUT2D eigenvalue weighted by Gasteiger charge is 2.19. The third-order valence-electron chi connectivity index (χ3n) is 4.70. The third kappa shape index (κ3) is 18.3. The van der Waals surface area contributed by atoms with Crippen molar-refractivity contribution in [2.45, 2.75) is 67.7 Å². The summed E-state index contributed by atoms with van der Waals surface area (Å²) in [6, 6.07) is 9.07. The van der Waals surface area contributed by atoms with Crippen LogP contribution in [0.1, 0.15) is 54.0 Å². The van der Waals surface area contributed by atoms with Crippen LogP contribution in [0, 0.1) is 0 Å². The van der Waals surface area contributed by atoms with Gasteiger partial charge in [0.05, 0.1) is 34.1 Å². The fourth-order valence-electron chi connectivity index (χ4n) is 2.98. The molecular weight excluding hydrogens is 589 g/mol. The molecule has 0 bridgehead atoms. The largest absolute Gasteiger partial charge is 0.468 e. The number of rotatable bonds is 14. The zero-order valence-corrected chi connectivity index (χ0v) is 28.5. The normalized spacial score (nSPS) is 11.0. The Morgan fingerprint density at radius 1 is 1.16 bits per heavy atom. The van der Waals surface area contributed by atoms with Crippen LogP contribution in [0.5, 0.6) is 0 Å². The van der Waals surface area contributed by atoms with Gasteiger partial charge in [0.2, 0.25) is 5.95 Å². The molecule has 0 fully saturated rings. The van der Waals surface area contributed by atoms with E-state index in [1.807, 2.05) is 65.0 Å². The predicted octanol–water partition coefficient (Wildman–Crippen LogP) is 3.81. The van der Waals surface area contributed by atoms with Crippen LogP contribution in [0.25, 0.3) is 11.2 Å². The monoisotopic (exact) mass is 641 g/mol. The molecule has 0 saturated heterocycles. The first-order chi connectivity index (χ1) is 21.3. The SMILES string of the molecule is CC.CC.CCNP(COCCn1cnc2c(=O)[nH]c(N)nc21)N[C@@H](C)C(=O)OCc1ccccc1.CCOC=O.COC. The highest BCUT2D eigenvalue weighted by molar-refractivity contribution is 7.53. The van der Waals surface area contributed by atoms with Crippen molar-refractivity contribution in [3.05, 3.63) is 52.6 Å². The molecule has 15 heteroatoms. The first-order valence-corrected chi connectivity index (χ1v) is 16.0. The number of nitrogen functional groups attached to an aromatic ring is 1. The second-order valence-corrected chi connectivity index (χ2v) is 9.63. The molecule has 2 aromatic heterocycles. The molecule has 3 rings (SSSR count). The van der Waals surface area contributed by atoms with Crippen LogP contribution in [0.4, 0.5) is 5.95 Å². The highest BCUT2D eigenvalue weighted by atomic mass is 31.1. The number of hydrogen-bond acceptors (Lipinski definition) is 12. The van der Waals surface area contributed by atoms with Gasteiger partial charge in [0.1, 0.15) is 12.6 Å². The molecule has 0 radical (unpaired) electrons. The average molecular weight is 642 g/mol. The van der Waals surface area contributed by atoms with E-state index in [0.717, 1.165) is 12.1 Å². The molecule has 1 unspecified atom stereocenters. The molecule has 0 aliphatic carbocycles. The Morgan fingerprint density at radius 2 is 1.80 bits per heavy atom. The van der Waals surface area contributed by atoms with E-state index >= 15 is 0 Å². The number of ether oxygens (including phenoxy) is 4. The fraction of sp³-hybridized carbons (Fsp3) is 0.552. The van der Waals surface area contributed by atoms with Crippen molar-refractivity contribution in [1.82, 2.24) is 29.7 Å². The molecular formula is C29H52N7O7P. The van der Waals surface area contributed by atoms with Gasteiger partial charge in [-0.3, -0.25) is 29.5 Å². The van der Waals surface area contributed by atoms with Gasteiger partial charge in [0.25, 0.3) is 12.0 Å². The van der Waals surface area contributed by atoms with Crippen LogP contribution in [0.15, 0.2) is 41.5 Å². The molecule has 5 N–H and O–H groups in total. The van der Waals surface area contributed by atoms with Crippen molar-refractivity contribution >= 4 is 37.8 Å². The lowest BCUT2D eigenvalue weighted by atomic mass is 10.2. The summed E-state index contributed by atoms with van der Waals surface area (Å²) in [5.41, 5.74) is 6.83. The summed E-state index contributed by atoms with van der Waals surface area (Å²) in [4.78, 5) is 44.0. The molecule has 14 nitrogen and oxygen atoms in total. The highest BCUT2D eigenvalue weighted by Crippen LogP contribution is 2.26. The van der Waals surface area contributed by atoms with Gasteiger partial charge >= 0.3 is 5.97 Å². The molecule has 0 aliphatic rings. The molecule has 2 atom stereocenters. The van der Waals surface area contributed by atoms with Gasteiger partial charge in [0, 0.05) is 20.8 Å². The van der Waals surface area contributed by atoms with Crippen molar-refractivity contribution < 1.29 is 28.5 Å². The van der Waals surface area contributed by atoms with Crippen LogP contribution < -0.4 is 21.5 Å². The van der Waals surface area contributed by atoms with Crippen molar-refractivity contribution in [2.75, 3.05) is 46.1 Å². The Labute approximate surface area is 262 Å². The molecule has 1 aromatic carbocycles. The summed E-state index contributed by atoms with van der Waals surface area (Å²) in [6.45, 7) is 16.2. The summed E-state index contributed by atoms with van der Waals surface area (Å²) in [6.07, 6.45) is 1.92. The number of nitrogens with one attached hydrogen (secondary N) is 3. The fourth-order valence-corrected chi connectivity index (χ4v) is 4.50. The lowest BCUT2D eigenvalue weighted by Gasteiger charge is -2.23. The maximum absolute atomic E-state index is 12.3. The first kappa shape index (κ1) is 42.7. The van der Waals surface area contributed by atoms with Gasteiger partial charge in [0.15, 0.2) is 11.2 Å². The first-order valence-electron chi connectivity index (χ1n) is 14.5. The van der Waals surface area contributed by atoms with Crippen LogP contribution in [0.2, 0.25) is 0 Å². The number of anilines is 1. The quantitative estimate of drug-likeness (QED) is 0.0865. The minimum atomic E-state index is -0.950. The van der Waals surface area contributed by atoms with Gasteiger partial charge in [-0.2, -0.15) is 4.98 Å². The van der Waals surface area contributed by atoms with E-state index in [4.69, 9.17) is 15.2 Å². The van der Waals surface area contributed by atoms with Gasteiger partial charge in [-0.25, -0.2) is 4.98 Å². The molecule has 3 aromatic rings. The number of nitrogens with two attached hydrogens (primary N) is 1. The summed E-state index contributed by atoms with van der Waals surface area (Å²) < 4.78 is 21.3. The number of carbonyl (C=O) groups excluding carboxylic acids is 2. The van der Waals surface area contributed by atoms with Crippen molar-refractivity contribution in [2.24, 2.45) is 0 Å². The minimum Gasteiger partial charge on any atom is -0.468 e. The number of aromatic nitrogens is 4. The van der Waals surface area contributed by atoms with E-state index < -0.39 is 14.3 Å². The topological polar surface area (TPSA) is 185 Å². The number of fused-ring (bicyclic) bond motifs is 1. The van der Waals surface area contributed by atoms with Crippen LogP contribution in [0.3, 0.4) is 0 Å². The summed E-state index contributed by atoms with van der Waals surface area (Å²) >= 11 is 0. The van der Waals surface area contributed by atoms with E-state index in [2.05, 4.69) is 34.6 Å². The van der Waals surface area contributed by atoms with Crippen LogP contribution in [-0.4, -0.2) is 78.3 Å². The van der Waals surface area contributed by atoms with Gasteiger partial charge in [-0.1, -0.05) is 65.0 Å². The number of esters is 1. The lowest BCUT2D eigenvalue weighted by molar-refractivity contribution is -0.146. The van der Waals surface area contributed by atoms with Gasteiger partial charge in [-0.05, 0) is 26.0 Å². The average Bonchev–Trinajstić information content (AvgIpc) is 3.44. The second kappa shape index (κ2) is 28.4. The summed E-state index contributed by atoms with van der Waals surface area (Å²) in [7, 11) is 2.30. The Bertz CT molecular complexity index is 1180. The van der Waals surface area contributed by atoms with Gasteiger partial charge in [-0.15, -0.1) is 0 Å². The van der Waals surface area contributed by atoms with E-state index in [1.165, 1.54) is 6.33 Å². The van der Waals surface area contributed by atoms with E-state index in [9.17, 15) is 14.4 Å². The van der Waals surface area contributed by atoms with Crippen LogP contribution >= 0.6 is 8.22 Å². The number of imidazole rings is 1. The molecule has 0 aliphatic heterocycles. The Morgan fingerprint density at radius 3 is 2.34 bits per heavy atom. The van der Waals surface area contributed by atoms with Crippen LogP contribution in [-0.2, 0) is 41.7 Å². The number of methoxy groups -OCH3 is 1. The Balaban J connectivity index is 0. The summed E-state index contributed by atoms with van der Waals surface area (Å²) in [5.74, 6) is -0.281. The standard InChI is InChI=1S/C20H28N7O4P.C3H6O2.C2H6O.2C2H6/c1-3-23-32(26-14(2)19(29)31-11-15-7-5-4-6-8-15)13-30-10-9-27-12-22-16-17(27)24-20(21)25-18(16)28;1-2-5-3-4;1-3-2;2*1-2/h4-8,12,14,23,26H,3,9-11,13H2,1-2H3,(H3,21,24,25,28);3H,2H2,1H3;1-2H3;2*1-2H3/t14-,32?;;;;/m0..../s1. The number of nitrogens with zero attached hydrogens (tertiary/aromatic N) is 3. The maximum Gasteiger partial charge on any atom is 0.323 e. The number of hydrogen-bond donors (Lipinski definition) is 4. The Kier molecular flexibility index (Phi) is 27.5. The van der Waals surface area contributed by atoms with Crippen molar-refractivity contribution in [1.29, 1.82) is 0 Å². The maximum atomic E-state index is 12.3. The van der Waals surface area contributed by atoms with Crippen molar-refractivity contribution in [3.63, 3.8) is 0 Å². The molecule has 44 heavy (non-hydrogen) atoms. The van der Waals surface area contributed by atoms with E-state index in [1.54, 1.807) is 32.6 Å². The number of carbonyl (C=O) groups is 2. The molecule has 0 saturated carbocycles. The molecule has 250 valence electrons. The summed E-state index contributed by atoms with van der Waals surface area (Å²) in [5, 5.41) is 6.56. The zero-order chi connectivity index (χ0) is 33.8.